The molecule has 2 N–H and O–H groups in total. The van der Waals surface area contributed by atoms with Crippen LogP contribution in [0.5, 0.6) is 5.75 Å². The molecule has 0 aromatic heterocycles. The number of nitrogens with zero attached hydrogens (tertiary/aromatic N) is 1. The number of benzene rings is 1. The van der Waals surface area contributed by atoms with Crippen LogP contribution in [-0.4, -0.2) is 36.6 Å². The van der Waals surface area contributed by atoms with Gasteiger partial charge >= 0.3 is 0 Å². The third-order valence-corrected chi connectivity index (χ3v) is 4.70. The van der Waals surface area contributed by atoms with Crippen molar-refractivity contribution in [2.24, 2.45) is 11.1 Å². The van der Waals surface area contributed by atoms with E-state index in [9.17, 15) is 0 Å². The molecule has 1 aliphatic carbocycles. The van der Waals surface area contributed by atoms with Crippen molar-refractivity contribution < 1.29 is 4.74 Å². The third kappa shape index (κ3) is 4.42. The molecular weight excluding hydrogens is 280 g/mol. The van der Waals surface area contributed by atoms with E-state index in [2.05, 4.69) is 31.0 Å². The van der Waals surface area contributed by atoms with Gasteiger partial charge in [-0.2, -0.15) is 0 Å². The zero-order chi connectivity index (χ0) is 15.5. The van der Waals surface area contributed by atoms with E-state index in [4.69, 9.17) is 22.7 Å². The Morgan fingerprint density at radius 2 is 2.10 bits per heavy atom. The highest BCUT2D eigenvalue weighted by Crippen LogP contribution is 2.49. The molecule has 0 spiro atoms. The maximum absolute atomic E-state index is 5.73. The lowest BCUT2D eigenvalue weighted by molar-refractivity contribution is 0.208. The van der Waals surface area contributed by atoms with Crippen molar-refractivity contribution in [3.63, 3.8) is 0 Å². The molecule has 1 aromatic carbocycles. The first kappa shape index (κ1) is 16.2. The Labute approximate surface area is 133 Å². The molecule has 0 saturated heterocycles. The van der Waals surface area contributed by atoms with E-state index >= 15 is 0 Å². The highest BCUT2D eigenvalue weighted by atomic mass is 32.1. The van der Waals surface area contributed by atoms with Crippen molar-refractivity contribution in [2.75, 3.05) is 20.7 Å². The van der Waals surface area contributed by atoms with E-state index in [0.717, 1.165) is 25.1 Å². The third-order valence-electron chi connectivity index (χ3n) is 4.55. The molecule has 116 valence electrons. The largest absolute Gasteiger partial charge is 0.496 e. The van der Waals surface area contributed by atoms with Crippen LogP contribution in [0.3, 0.4) is 0 Å². The van der Waals surface area contributed by atoms with Gasteiger partial charge in [-0.15, -0.1) is 0 Å². The van der Waals surface area contributed by atoms with Crippen LogP contribution in [0.1, 0.15) is 31.7 Å². The number of nitrogens with two attached hydrogens (primary N) is 1. The van der Waals surface area contributed by atoms with Crippen molar-refractivity contribution in [1.29, 1.82) is 0 Å². The van der Waals surface area contributed by atoms with E-state index in [1.165, 1.54) is 18.4 Å². The minimum atomic E-state index is 0.343. The van der Waals surface area contributed by atoms with Gasteiger partial charge in [-0.3, -0.25) is 0 Å². The summed E-state index contributed by atoms with van der Waals surface area (Å²) in [6, 6.07) is 8.71. The van der Waals surface area contributed by atoms with Crippen LogP contribution < -0.4 is 10.5 Å². The van der Waals surface area contributed by atoms with E-state index in [0.29, 0.717) is 16.4 Å². The molecule has 0 heterocycles. The van der Waals surface area contributed by atoms with Gasteiger partial charge in [0.2, 0.25) is 0 Å². The van der Waals surface area contributed by atoms with E-state index in [1.807, 2.05) is 12.1 Å². The summed E-state index contributed by atoms with van der Waals surface area (Å²) in [6.45, 7) is 3.34. The summed E-state index contributed by atoms with van der Waals surface area (Å²) in [6.07, 6.45) is 4.36. The fourth-order valence-corrected chi connectivity index (χ4v) is 3.27. The highest BCUT2D eigenvalue weighted by Gasteiger charge is 2.44. The van der Waals surface area contributed by atoms with Gasteiger partial charge in [0.05, 0.1) is 12.1 Å². The standard InChI is InChI=1S/C17H26N2OS/c1-13(10-14-6-4-5-7-15(14)20-3)19(2)12-17(8-9-17)11-16(18)21/h4-7,13H,8-12H2,1-3H3,(H2,18,21). The second-order valence-electron chi connectivity index (χ2n) is 6.42. The number of para-hydroxylation sites is 1. The smallest absolute Gasteiger partial charge is 0.122 e. The van der Waals surface area contributed by atoms with Gasteiger partial charge < -0.3 is 15.4 Å². The molecule has 21 heavy (non-hydrogen) atoms. The molecule has 1 unspecified atom stereocenters. The number of hydrogen-bond acceptors (Lipinski definition) is 3. The molecule has 1 saturated carbocycles. The lowest BCUT2D eigenvalue weighted by Gasteiger charge is -2.29. The van der Waals surface area contributed by atoms with Crippen LogP contribution in [0.2, 0.25) is 0 Å². The molecule has 2 rings (SSSR count). The average Bonchev–Trinajstić information content (AvgIpc) is 3.17. The Kier molecular flexibility index (Phi) is 5.22. The molecule has 3 nitrogen and oxygen atoms in total. The Balaban J connectivity index is 1.94. The fourth-order valence-electron chi connectivity index (χ4n) is 2.97. The SMILES string of the molecule is COc1ccccc1CC(C)N(C)CC1(CC(N)=S)CC1. The van der Waals surface area contributed by atoms with Gasteiger partial charge in [-0.1, -0.05) is 30.4 Å². The second-order valence-corrected chi connectivity index (χ2v) is 6.95. The molecule has 1 fully saturated rings. The van der Waals surface area contributed by atoms with Crippen LogP contribution in [0.25, 0.3) is 0 Å². The quantitative estimate of drug-likeness (QED) is 0.749. The van der Waals surface area contributed by atoms with Gasteiger partial charge in [0.25, 0.3) is 0 Å². The maximum Gasteiger partial charge on any atom is 0.122 e. The number of rotatable bonds is 8. The van der Waals surface area contributed by atoms with Gasteiger partial charge in [0.15, 0.2) is 0 Å². The Hall–Kier alpha value is -1.13. The van der Waals surface area contributed by atoms with Crippen LogP contribution in [0.15, 0.2) is 24.3 Å². The molecule has 0 radical (unpaired) electrons. The summed E-state index contributed by atoms with van der Waals surface area (Å²) in [7, 11) is 3.92. The number of ether oxygens (including phenoxy) is 1. The predicted octanol–water partition coefficient (Wildman–Crippen LogP) is 3.01. The van der Waals surface area contributed by atoms with Gasteiger partial charge in [0.1, 0.15) is 5.75 Å². The zero-order valence-corrected chi connectivity index (χ0v) is 14.1. The molecule has 1 aliphatic rings. The Morgan fingerprint density at radius 1 is 1.43 bits per heavy atom. The monoisotopic (exact) mass is 306 g/mol. The number of methoxy groups -OCH3 is 1. The van der Waals surface area contributed by atoms with E-state index < -0.39 is 0 Å². The van der Waals surface area contributed by atoms with Crippen molar-refractivity contribution in [3.8, 4) is 5.75 Å². The summed E-state index contributed by atoms with van der Waals surface area (Å²) >= 11 is 5.08. The number of likely N-dealkylation sites (N-methyl/N-ethyl adjacent to an activating group) is 1. The summed E-state index contributed by atoms with van der Waals surface area (Å²) in [5, 5.41) is 0. The maximum atomic E-state index is 5.73. The first-order valence-electron chi connectivity index (χ1n) is 7.56. The minimum Gasteiger partial charge on any atom is -0.496 e. The van der Waals surface area contributed by atoms with Crippen molar-refractivity contribution in [1.82, 2.24) is 4.90 Å². The van der Waals surface area contributed by atoms with E-state index in [-0.39, 0.29) is 0 Å². The normalized spacial score (nSPS) is 17.5. The Bertz CT molecular complexity index is 499. The predicted molar refractivity (Wildman–Crippen MR) is 91.9 cm³/mol. The molecule has 1 atom stereocenters. The molecular formula is C17H26N2OS. The molecule has 0 aliphatic heterocycles. The minimum absolute atomic E-state index is 0.343. The second kappa shape index (κ2) is 6.75. The molecule has 1 aromatic rings. The van der Waals surface area contributed by atoms with Crippen molar-refractivity contribution in [3.05, 3.63) is 29.8 Å². The zero-order valence-electron chi connectivity index (χ0n) is 13.3. The lowest BCUT2D eigenvalue weighted by Crippen LogP contribution is -2.37. The van der Waals surface area contributed by atoms with Crippen LogP contribution in [-0.2, 0) is 6.42 Å². The van der Waals surface area contributed by atoms with E-state index in [1.54, 1.807) is 7.11 Å². The van der Waals surface area contributed by atoms with Crippen molar-refractivity contribution in [2.45, 2.75) is 38.6 Å². The molecule has 4 heteroatoms. The summed E-state index contributed by atoms with van der Waals surface area (Å²) in [5.41, 5.74) is 7.33. The summed E-state index contributed by atoms with van der Waals surface area (Å²) < 4.78 is 5.44. The summed E-state index contributed by atoms with van der Waals surface area (Å²) in [4.78, 5) is 3.08. The topological polar surface area (TPSA) is 38.5 Å². The van der Waals surface area contributed by atoms with Gasteiger partial charge in [-0.05, 0) is 50.3 Å². The Morgan fingerprint density at radius 3 is 2.67 bits per heavy atom. The van der Waals surface area contributed by atoms with Gasteiger partial charge in [0, 0.05) is 19.0 Å². The summed E-state index contributed by atoms with van der Waals surface area (Å²) in [5.74, 6) is 0.974. The van der Waals surface area contributed by atoms with Crippen LogP contribution >= 0.6 is 12.2 Å². The number of thiocarbonyl (C=S) groups is 1. The first-order chi connectivity index (χ1) is 9.96. The van der Waals surface area contributed by atoms with Crippen LogP contribution in [0, 0.1) is 5.41 Å². The lowest BCUT2D eigenvalue weighted by atomic mass is 9.99. The number of hydrogen-bond donors (Lipinski definition) is 1. The molecule has 0 bridgehead atoms. The first-order valence-corrected chi connectivity index (χ1v) is 7.97. The fraction of sp³-hybridized carbons (Fsp3) is 0.588. The average molecular weight is 306 g/mol. The van der Waals surface area contributed by atoms with Crippen molar-refractivity contribution >= 4 is 17.2 Å². The highest BCUT2D eigenvalue weighted by molar-refractivity contribution is 7.80. The van der Waals surface area contributed by atoms with Gasteiger partial charge in [-0.25, -0.2) is 0 Å². The molecule has 0 amide bonds. The van der Waals surface area contributed by atoms with Crippen LogP contribution in [0.4, 0.5) is 0 Å².